The summed E-state index contributed by atoms with van der Waals surface area (Å²) in [6.45, 7) is 4.60. The molecule has 0 spiro atoms. The van der Waals surface area contributed by atoms with Crippen LogP contribution in [-0.4, -0.2) is 50.3 Å². The molecule has 0 aromatic heterocycles. The summed E-state index contributed by atoms with van der Waals surface area (Å²) in [4.78, 5) is 1.61. The Bertz CT molecular complexity index is 664. The van der Waals surface area contributed by atoms with E-state index >= 15 is 0 Å². The van der Waals surface area contributed by atoms with E-state index in [-0.39, 0.29) is 18.1 Å². The van der Waals surface area contributed by atoms with E-state index in [0.717, 1.165) is 25.2 Å². The van der Waals surface area contributed by atoms with Crippen molar-refractivity contribution in [2.75, 3.05) is 32.7 Å². The lowest BCUT2D eigenvalue weighted by atomic mass is 10.2. The first-order valence-electron chi connectivity index (χ1n) is 7.25. The van der Waals surface area contributed by atoms with Crippen molar-refractivity contribution in [3.05, 3.63) is 28.8 Å². The van der Waals surface area contributed by atoms with Gasteiger partial charge >= 0.3 is 6.18 Å². The van der Waals surface area contributed by atoms with Gasteiger partial charge in [-0.3, -0.25) is 0 Å². The third-order valence-electron chi connectivity index (χ3n) is 3.87. The molecule has 1 heterocycles. The molecule has 9 heteroatoms. The van der Waals surface area contributed by atoms with E-state index in [1.54, 1.807) is 0 Å². The maximum absolute atomic E-state index is 12.8. The van der Waals surface area contributed by atoms with E-state index in [0.29, 0.717) is 19.0 Å². The second-order valence-electron chi connectivity index (χ2n) is 5.33. The van der Waals surface area contributed by atoms with E-state index in [4.69, 9.17) is 11.6 Å². The van der Waals surface area contributed by atoms with Crippen LogP contribution in [0, 0.1) is 0 Å². The highest BCUT2D eigenvalue weighted by molar-refractivity contribution is 7.89. The summed E-state index contributed by atoms with van der Waals surface area (Å²) < 4.78 is 65.1. The van der Waals surface area contributed by atoms with E-state index in [1.807, 2.05) is 6.92 Å². The van der Waals surface area contributed by atoms with Crippen LogP contribution >= 0.6 is 11.6 Å². The Morgan fingerprint density at radius 1 is 1.17 bits per heavy atom. The molecule has 0 amide bonds. The highest BCUT2D eigenvalue weighted by Crippen LogP contribution is 2.34. The van der Waals surface area contributed by atoms with Crippen molar-refractivity contribution in [3.8, 4) is 0 Å². The molecule has 0 N–H and O–H groups in total. The van der Waals surface area contributed by atoms with Crippen molar-refractivity contribution < 1.29 is 21.6 Å². The number of halogens is 4. The molecule has 4 nitrogen and oxygen atoms in total. The number of hydrogen-bond donors (Lipinski definition) is 0. The summed E-state index contributed by atoms with van der Waals surface area (Å²) in [7, 11) is -4.06. The smallest absolute Gasteiger partial charge is 0.302 e. The minimum atomic E-state index is -4.62. The van der Waals surface area contributed by atoms with Crippen LogP contribution in [-0.2, 0) is 16.2 Å². The van der Waals surface area contributed by atoms with Crippen molar-refractivity contribution in [1.82, 2.24) is 9.21 Å². The average molecular weight is 371 g/mol. The minimum Gasteiger partial charge on any atom is -0.302 e. The molecule has 0 saturated carbocycles. The van der Waals surface area contributed by atoms with Crippen molar-refractivity contribution >= 4 is 21.6 Å². The van der Waals surface area contributed by atoms with Gasteiger partial charge in [0, 0.05) is 19.6 Å². The van der Waals surface area contributed by atoms with E-state index in [9.17, 15) is 21.6 Å². The van der Waals surface area contributed by atoms with Crippen molar-refractivity contribution in [2.45, 2.75) is 24.4 Å². The standard InChI is InChI=1S/C14H18ClF3N2O2S/c1-2-19-6-3-7-20(9-8-19)23(21,22)13-10-11(14(16,17)18)4-5-12(13)15/h4-5,10H,2-3,6-9H2,1H3. The van der Waals surface area contributed by atoms with Gasteiger partial charge < -0.3 is 4.90 Å². The van der Waals surface area contributed by atoms with Crippen LogP contribution < -0.4 is 0 Å². The van der Waals surface area contributed by atoms with Gasteiger partial charge in [-0.25, -0.2) is 8.42 Å². The van der Waals surface area contributed by atoms with Gasteiger partial charge in [-0.2, -0.15) is 17.5 Å². The van der Waals surface area contributed by atoms with Gasteiger partial charge in [-0.05, 0) is 37.7 Å². The van der Waals surface area contributed by atoms with E-state index < -0.39 is 26.7 Å². The fourth-order valence-corrected chi connectivity index (χ4v) is 4.49. The molecule has 0 aliphatic carbocycles. The Kier molecular flexibility index (Phi) is 5.60. The molecule has 1 fully saturated rings. The second kappa shape index (κ2) is 6.96. The zero-order chi connectivity index (χ0) is 17.3. The molecule has 0 bridgehead atoms. The van der Waals surface area contributed by atoms with Gasteiger partial charge in [-0.1, -0.05) is 18.5 Å². The van der Waals surface area contributed by atoms with Crippen LogP contribution in [0.3, 0.4) is 0 Å². The van der Waals surface area contributed by atoms with Gasteiger partial charge in [0.05, 0.1) is 10.6 Å². The lowest BCUT2D eigenvalue weighted by molar-refractivity contribution is -0.137. The third kappa shape index (κ3) is 4.17. The molecular weight excluding hydrogens is 353 g/mol. The number of alkyl halides is 3. The highest BCUT2D eigenvalue weighted by Gasteiger charge is 2.34. The SMILES string of the molecule is CCN1CCCN(S(=O)(=O)c2cc(C(F)(F)F)ccc2Cl)CC1. The number of benzene rings is 1. The molecule has 0 unspecified atom stereocenters. The molecule has 0 radical (unpaired) electrons. The molecule has 1 aliphatic rings. The fourth-order valence-electron chi connectivity index (χ4n) is 2.52. The van der Waals surface area contributed by atoms with Crippen LogP contribution in [0.5, 0.6) is 0 Å². The van der Waals surface area contributed by atoms with Crippen molar-refractivity contribution in [3.63, 3.8) is 0 Å². The highest BCUT2D eigenvalue weighted by atomic mass is 35.5. The lowest BCUT2D eigenvalue weighted by Gasteiger charge is -2.22. The molecule has 1 saturated heterocycles. The predicted molar refractivity (Wildman–Crippen MR) is 81.9 cm³/mol. The summed E-state index contributed by atoms with van der Waals surface area (Å²) in [6.07, 6.45) is -3.99. The summed E-state index contributed by atoms with van der Waals surface area (Å²) >= 11 is 5.86. The van der Waals surface area contributed by atoms with Gasteiger partial charge in [0.25, 0.3) is 0 Å². The molecule has 1 aromatic carbocycles. The maximum atomic E-state index is 12.8. The molecular formula is C14H18ClF3N2O2S. The van der Waals surface area contributed by atoms with Crippen LogP contribution in [0.1, 0.15) is 18.9 Å². The van der Waals surface area contributed by atoms with E-state index in [2.05, 4.69) is 4.90 Å². The van der Waals surface area contributed by atoms with Gasteiger partial charge in [0.2, 0.25) is 10.0 Å². The first-order chi connectivity index (χ1) is 10.7. The predicted octanol–water partition coefficient (Wildman–Crippen LogP) is 3.08. The number of hydrogen-bond acceptors (Lipinski definition) is 3. The summed E-state index contributed by atoms with van der Waals surface area (Å²) in [5.41, 5.74) is -1.02. The quantitative estimate of drug-likeness (QED) is 0.821. The van der Waals surface area contributed by atoms with Crippen LogP contribution in [0.25, 0.3) is 0 Å². The number of sulfonamides is 1. The van der Waals surface area contributed by atoms with Crippen LogP contribution in [0.2, 0.25) is 5.02 Å². The summed E-state index contributed by atoms with van der Waals surface area (Å²) in [5, 5.41) is -0.199. The number of likely N-dealkylation sites (N-methyl/N-ethyl adjacent to an activating group) is 1. The second-order valence-corrected chi connectivity index (χ2v) is 7.65. The third-order valence-corrected chi connectivity index (χ3v) is 6.25. The number of nitrogens with zero attached hydrogens (tertiary/aromatic N) is 2. The lowest BCUT2D eigenvalue weighted by Crippen LogP contribution is -2.35. The van der Waals surface area contributed by atoms with Gasteiger partial charge in [0.15, 0.2) is 0 Å². The Hall–Kier alpha value is -0.830. The Morgan fingerprint density at radius 2 is 1.87 bits per heavy atom. The summed E-state index contributed by atoms with van der Waals surface area (Å²) in [5.74, 6) is 0. The largest absolute Gasteiger partial charge is 0.416 e. The summed E-state index contributed by atoms with van der Waals surface area (Å²) in [6, 6.07) is 2.37. The van der Waals surface area contributed by atoms with E-state index in [1.165, 1.54) is 4.31 Å². The zero-order valence-corrected chi connectivity index (χ0v) is 14.2. The Labute approximate surface area is 138 Å². The van der Waals surface area contributed by atoms with Crippen molar-refractivity contribution in [1.29, 1.82) is 0 Å². The maximum Gasteiger partial charge on any atom is 0.416 e. The zero-order valence-electron chi connectivity index (χ0n) is 12.6. The average Bonchev–Trinajstić information content (AvgIpc) is 2.72. The Morgan fingerprint density at radius 3 is 2.48 bits per heavy atom. The van der Waals surface area contributed by atoms with Crippen molar-refractivity contribution in [2.24, 2.45) is 0 Å². The molecule has 23 heavy (non-hydrogen) atoms. The van der Waals surface area contributed by atoms with Gasteiger partial charge in [-0.15, -0.1) is 0 Å². The molecule has 0 atom stereocenters. The first-order valence-corrected chi connectivity index (χ1v) is 9.07. The first kappa shape index (κ1) is 18.5. The molecule has 130 valence electrons. The fraction of sp³-hybridized carbons (Fsp3) is 0.571. The van der Waals surface area contributed by atoms with Crippen LogP contribution in [0.4, 0.5) is 13.2 Å². The molecule has 1 aliphatic heterocycles. The minimum absolute atomic E-state index is 0.199. The van der Waals surface area contributed by atoms with Gasteiger partial charge in [0.1, 0.15) is 4.90 Å². The number of rotatable bonds is 3. The normalized spacial score (nSPS) is 18.8. The van der Waals surface area contributed by atoms with Crippen LogP contribution in [0.15, 0.2) is 23.1 Å². The molecule has 1 aromatic rings. The monoisotopic (exact) mass is 370 g/mol. The topological polar surface area (TPSA) is 40.6 Å². The molecule has 2 rings (SSSR count). The Balaban J connectivity index is 2.36.